The molecule has 0 saturated carbocycles. The third kappa shape index (κ3) is 1.50. The standard InChI is InChI=1S/C8H9NO4/c10-3-5-1-2-7(13-5)6-4-12-8(11)9-6/h1-2,6,10H,3-4H2,(H,9,11). The zero-order valence-electron chi connectivity index (χ0n) is 6.82. The van der Waals surface area contributed by atoms with E-state index in [9.17, 15) is 4.79 Å². The van der Waals surface area contributed by atoms with E-state index in [4.69, 9.17) is 14.3 Å². The normalized spacial score (nSPS) is 21.3. The molecule has 2 N–H and O–H groups in total. The van der Waals surface area contributed by atoms with Crippen molar-refractivity contribution in [2.24, 2.45) is 0 Å². The molecule has 1 atom stereocenters. The van der Waals surface area contributed by atoms with Crippen LogP contribution in [0, 0.1) is 0 Å². The van der Waals surface area contributed by atoms with Crippen molar-refractivity contribution in [2.45, 2.75) is 12.6 Å². The summed E-state index contributed by atoms with van der Waals surface area (Å²) in [6.45, 7) is 0.138. The summed E-state index contributed by atoms with van der Waals surface area (Å²) in [6.07, 6.45) is -0.438. The number of rotatable bonds is 2. The van der Waals surface area contributed by atoms with Gasteiger partial charge in [-0.1, -0.05) is 0 Å². The number of hydrogen-bond acceptors (Lipinski definition) is 4. The van der Waals surface area contributed by atoms with Gasteiger partial charge in [-0.05, 0) is 12.1 Å². The largest absolute Gasteiger partial charge is 0.461 e. The first-order valence-corrected chi connectivity index (χ1v) is 3.92. The van der Waals surface area contributed by atoms with Crippen LogP contribution in [0.25, 0.3) is 0 Å². The lowest BCUT2D eigenvalue weighted by molar-refractivity contribution is 0.176. The Balaban J connectivity index is 2.12. The Morgan fingerprint density at radius 1 is 1.62 bits per heavy atom. The molecule has 5 nitrogen and oxygen atoms in total. The molecule has 1 amide bonds. The average Bonchev–Trinajstić information content (AvgIpc) is 2.71. The van der Waals surface area contributed by atoms with Crippen LogP contribution in [0.15, 0.2) is 16.5 Å². The summed E-state index contributed by atoms with van der Waals surface area (Å²) in [6, 6.07) is 3.15. The molecule has 0 bridgehead atoms. The van der Waals surface area contributed by atoms with Crippen molar-refractivity contribution in [2.75, 3.05) is 6.61 Å². The number of carbonyl (C=O) groups is 1. The highest BCUT2D eigenvalue weighted by molar-refractivity contribution is 5.69. The van der Waals surface area contributed by atoms with Crippen molar-refractivity contribution in [1.82, 2.24) is 5.32 Å². The monoisotopic (exact) mass is 183 g/mol. The molecule has 1 fully saturated rings. The smallest absolute Gasteiger partial charge is 0.407 e. The molecule has 1 aliphatic rings. The summed E-state index contributed by atoms with van der Waals surface area (Å²) in [5.41, 5.74) is 0. The summed E-state index contributed by atoms with van der Waals surface area (Å²) in [7, 11) is 0. The first-order valence-electron chi connectivity index (χ1n) is 3.92. The number of aliphatic hydroxyl groups excluding tert-OH is 1. The van der Waals surface area contributed by atoms with Crippen molar-refractivity contribution in [3.05, 3.63) is 23.7 Å². The average molecular weight is 183 g/mol. The van der Waals surface area contributed by atoms with Crippen molar-refractivity contribution in [1.29, 1.82) is 0 Å². The Kier molecular flexibility index (Phi) is 1.94. The third-order valence-electron chi connectivity index (χ3n) is 1.85. The number of alkyl carbamates (subject to hydrolysis) is 1. The highest BCUT2D eigenvalue weighted by Crippen LogP contribution is 2.20. The van der Waals surface area contributed by atoms with E-state index in [1.54, 1.807) is 12.1 Å². The molecular formula is C8H9NO4. The van der Waals surface area contributed by atoms with Crippen LogP contribution in [0.2, 0.25) is 0 Å². The van der Waals surface area contributed by atoms with Gasteiger partial charge >= 0.3 is 6.09 Å². The summed E-state index contributed by atoms with van der Waals surface area (Å²) >= 11 is 0. The van der Waals surface area contributed by atoms with Crippen LogP contribution in [0.4, 0.5) is 4.79 Å². The predicted molar refractivity (Wildman–Crippen MR) is 41.9 cm³/mol. The van der Waals surface area contributed by atoms with Gasteiger partial charge in [0.05, 0.1) is 0 Å². The molecule has 1 aliphatic heterocycles. The maximum Gasteiger partial charge on any atom is 0.407 e. The lowest BCUT2D eigenvalue weighted by Gasteiger charge is -2.01. The number of aliphatic hydroxyl groups is 1. The van der Waals surface area contributed by atoms with Gasteiger partial charge in [-0.2, -0.15) is 0 Å². The molecule has 0 spiro atoms. The van der Waals surface area contributed by atoms with E-state index in [0.717, 1.165) is 0 Å². The molecule has 0 radical (unpaired) electrons. The minimum absolute atomic E-state index is 0.137. The van der Waals surface area contributed by atoms with E-state index >= 15 is 0 Å². The Hall–Kier alpha value is -1.49. The molecular weight excluding hydrogens is 174 g/mol. The van der Waals surface area contributed by atoms with Crippen LogP contribution in [0.3, 0.4) is 0 Å². The molecule has 70 valence electrons. The number of nitrogens with one attached hydrogen (secondary N) is 1. The van der Waals surface area contributed by atoms with Crippen LogP contribution < -0.4 is 5.32 Å². The molecule has 2 rings (SSSR count). The second-order valence-electron chi connectivity index (χ2n) is 2.76. The molecule has 1 unspecified atom stereocenters. The quantitative estimate of drug-likeness (QED) is 0.702. The highest BCUT2D eigenvalue weighted by Gasteiger charge is 2.26. The van der Waals surface area contributed by atoms with E-state index in [0.29, 0.717) is 11.5 Å². The fourth-order valence-corrected chi connectivity index (χ4v) is 1.20. The van der Waals surface area contributed by atoms with Gasteiger partial charge in [-0.15, -0.1) is 0 Å². The molecule has 1 saturated heterocycles. The Bertz CT molecular complexity index is 320. The predicted octanol–water partition coefficient (Wildman–Crippen LogP) is 0.553. The molecule has 1 aromatic heterocycles. The van der Waals surface area contributed by atoms with Crippen molar-refractivity contribution >= 4 is 6.09 Å². The first kappa shape index (κ1) is 8.12. The highest BCUT2D eigenvalue weighted by atomic mass is 16.6. The second kappa shape index (κ2) is 3.10. The van der Waals surface area contributed by atoms with Crippen LogP contribution in [0.5, 0.6) is 0 Å². The van der Waals surface area contributed by atoms with Gasteiger partial charge in [0.2, 0.25) is 0 Å². The minimum atomic E-state index is -0.438. The summed E-state index contributed by atoms with van der Waals surface area (Å²) in [5, 5.41) is 11.3. The van der Waals surface area contributed by atoms with E-state index in [1.165, 1.54) is 0 Å². The van der Waals surface area contributed by atoms with Gasteiger partial charge in [0, 0.05) is 0 Å². The van der Waals surface area contributed by atoms with Gasteiger partial charge in [0.25, 0.3) is 0 Å². The van der Waals surface area contributed by atoms with E-state index in [-0.39, 0.29) is 19.3 Å². The Labute approximate surface area is 74.3 Å². The number of ether oxygens (including phenoxy) is 1. The van der Waals surface area contributed by atoms with Gasteiger partial charge < -0.3 is 19.6 Å². The van der Waals surface area contributed by atoms with E-state index in [2.05, 4.69) is 5.32 Å². The molecule has 0 aromatic carbocycles. The fourth-order valence-electron chi connectivity index (χ4n) is 1.20. The Morgan fingerprint density at radius 2 is 2.46 bits per heavy atom. The third-order valence-corrected chi connectivity index (χ3v) is 1.85. The van der Waals surface area contributed by atoms with E-state index < -0.39 is 6.09 Å². The van der Waals surface area contributed by atoms with Crippen LogP contribution in [0.1, 0.15) is 17.6 Å². The Morgan fingerprint density at radius 3 is 3.00 bits per heavy atom. The number of cyclic esters (lactones) is 1. The zero-order chi connectivity index (χ0) is 9.26. The minimum Gasteiger partial charge on any atom is -0.461 e. The number of hydrogen-bond donors (Lipinski definition) is 2. The topological polar surface area (TPSA) is 71.7 Å². The molecule has 5 heteroatoms. The molecule has 13 heavy (non-hydrogen) atoms. The maximum absolute atomic E-state index is 10.7. The molecule has 1 aromatic rings. The van der Waals surface area contributed by atoms with Gasteiger partial charge in [0.15, 0.2) is 0 Å². The van der Waals surface area contributed by atoms with Gasteiger partial charge in [0.1, 0.15) is 30.8 Å². The lowest BCUT2D eigenvalue weighted by atomic mass is 10.2. The molecule has 2 heterocycles. The first-order chi connectivity index (χ1) is 6.29. The van der Waals surface area contributed by atoms with Crippen molar-refractivity contribution in [3.8, 4) is 0 Å². The summed E-state index contributed by atoms with van der Waals surface area (Å²) in [4.78, 5) is 10.7. The zero-order valence-corrected chi connectivity index (χ0v) is 6.82. The maximum atomic E-state index is 10.7. The fraction of sp³-hybridized carbons (Fsp3) is 0.375. The molecule has 0 aliphatic carbocycles. The second-order valence-corrected chi connectivity index (χ2v) is 2.76. The van der Waals surface area contributed by atoms with Crippen LogP contribution >= 0.6 is 0 Å². The summed E-state index contributed by atoms with van der Waals surface area (Å²) < 4.78 is 9.91. The van der Waals surface area contributed by atoms with Gasteiger partial charge in [-0.25, -0.2) is 4.79 Å². The number of amides is 1. The van der Waals surface area contributed by atoms with E-state index in [1.807, 2.05) is 0 Å². The number of carbonyl (C=O) groups excluding carboxylic acids is 1. The summed E-state index contributed by atoms with van der Waals surface area (Å²) in [5.74, 6) is 1.09. The number of furan rings is 1. The SMILES string of the molecule is O=C1NC(c2ccc(CO)o2)CO1. The lowest BCUT2D eigenvalue weighted by Crippen LogP contribution is -2.17. The van der Waals surface area contributed by atoms with Gasteiger partial charge in [-0.3, -0.25) is 0 Å². The van der Waals surface area contributed by atoms with Crippen molar-refractivity contribution in [3.63, 3.8) is 0 Å². The van der Waals surface area contributed by atoms with Crippen LogP contribution in [-0.4, -0.2) is 17.8 Å². The van der Waals surface area contributed by atoms with Crippen molar-refractivity contribution < 1.29 is 19.1 Å². The van der Waals surface area contributed by atoms with Crippen LogP contribution in [-0.2, 0) is 11.3 Å².